The molecule has 1 aliphatic rings. The predicted octanol–water partition coefficient (Wildman–Crippen LogP) is 3.80. The zero-order valence-electron chi connectivity index (χ0n) is 16.9. The molecule has 5 nitrogen and oxygen atoms in total. The molecule has 1 amide bonds. The van der Waals surface area contributed by atoms with Gasteiger partial charge in [0.2, 0.25) is 0 Å². The van der Waals surface area contributed by atoms with Crippen LogP contribution in [0.3, 0.4) is 0 Å². The van der Waals surface area contributed by atoms with E-state index in [-0.39, 0.29) is 18.1 Å². The van der Waals surface area contributed by atoms with E-state index in [9.17, 15) is 14.3 Å². The fourth-order valence-corrected chi connectivity index (χ4v) is 3.99. The van der Waals surface area contributed by atoms with Crippen molar-refractivity contribution in [3.05, 3.63) is 83.6 Å². The molecule has 30 heavy (non-hydrogen) atoms. The van der Waals surface area contributed by atoms with Gasteiger partial charge in [0, 0.05) is 43.7 Å². The van der Waals surface area contributed by atoms with Gasteiger partial charge in [-0.1, -0.05) is 18.2 Å². The standard InChI is InChI=1S/C24H24FN3O2/c1-17-4-2-5-19(21(17)25)16-24(30)9-14-28(15-10-24)23(29)20-6-3-11-27-22(20)18-7-12-26-13-8-18/h2-8,11-13,30H,9-10,14-16H2,1H3. The highest BCUT2D eigenvalue weighted by molar-refractivity contribution is 5.99. The SMILES string of the molecule is Cc1cccc(CC2(O)CCN(C(=O)c3cccnc3-c3ccncc3)CC2)c1F. The van der Waals surface area contributed by atoms with Crippen LogP contribution in [-0.4, -0.2) is 44.6 Å². The second-order valence-electron chi connectivity index (χ2n) is 7.88. The molecule has 1 fully saturated rings. The number of carbonyl (C=O) groups excluding carboxylic acids is 1. The van der Waals surface area contributed by atoms with Crippen LogP contribution in [0.5, 0.6) is 0 Å². The van der Waals surface area contributed by atoms with E-state index < -0.39 is 5.60 Å². The van der Waals surface area contributed by atoms with E-state index in [4.69, 9.17) is 0 Å². The van der Waals surface area contributed by atoms with Gasteiger partial charge in [0.05, 0.1) is 16.9 Å². The van der Waals surface area contributed by atoms with Gasteiger partial charge >= 0.3 is 0 Å². The molecule has 3 aromatic rings. The lowest BCUT2D eigenvalue weighted by atomic mass is 9.84. The van der Waals surface area contributed by atoms with Crippen LogP contribution in [0.15, 0.2) is 61.1 Å². The van der Waals surface area contributed by atoms with E-state index in [0.717, 1.165) is 5.56 Å². The second-order valence-corrected chi connectivity index (χ2v) is 7.88. The van der Waals surface area contributed by atoms with Gasteiger partial charge in [0.15, 0.2) is 0 Å². The molecule has 0 radical (unpaired) electrons. The number of pyridine rings is 2. The van der Waals surface area contributed by atoms with Gasteiger partial charge in [-0.15, -0.1) is 0 Å². The smallest absolute Gasteiger partial charge is 0.256 e. The third-order valence-electron chi connectivity index (χ3n) is 5.76. The first kappa shape index (κ1) is 20.2. The number of carbonyl (C=O) groups is 1. The van der Waals surface area contributed by atoms with Crippen molar-refractivity contribution in [3.8, 4) is 11.3 Å². The Hall–Kier alpha value is -3.12. The summed E-state index contributed by atoms with van der Waals surface area (Å²) in [5, 5.41) is 11.0. The maximum atomic E-state index is 14.4. The molecular formula is C24H24FN3O2. The molecular weight excluding hydrogens is 381 g/mol. The van der Waals surface area contributed by atoms with E-state index in [0.29, 0.717) is 48.3 Å². The lowest BCUT2D eigenvalue weighted by Crippen LogP contribution is -2.48. The Morgan fingerprint density at radius 1 is 1.10 bits per heavy atom. The molecule has 154 valence electrons. The normalized spacial score (nSPS) is 15.8. The quantitative estimate of drug-likeness (QED) is 0.717. The highest BCUT2D eigenvalue weighted by Gasteiger charge is 2.35. The fourth-order valence-electron chi connectivity index (χ4n) is 3.99. The van der Waals surface area contributed by atoms with Crippen molar-refractivity contribution in [1.29, 1.82) is 0 Å². The van der Waals surface area contributed by atoms with E-state index in [1.54, 1.807) is 60.7 Å². The number of hydrogen-bond acceptors (Lipinski definition) is 4. The van der Waals surface area contributed by atoms with Crippen molar-refractivity contribution >= 4 is 5.91 Å². The zero-order valence-corrected chi connectivity index (χ0v) is 16.9. The van der Waals surface area contributed by atoms with Crippen molar-refractivity contribution < 1.29 is 14.3 Å². The van der Waals surface area contributed by atoms with Crippen molar-refractivity contribution in [2.24, 2.45) is 0 Å². The molecule has 4 rings (SSSR count). The summed E-state index contributed by atoms with van der Waals surface area (Å²) < 4.78 is 14.4. The van der Waals surface area contributed by atoms with E-state index >= 15 is 0 Å². The third kappa shape index (κ3) is 4.09. The average molecular weight is 405 g/mol. The summed E-state index contributed by atoms with van der Waals surface area (Å²) in [5.41, 5.74) is 2.05. The minimum atomic E-state index is -1.02. The lowest BCUT2D eigenvalue weighted by Gasteiger charge is -2.38. The van der Waals surface area contributed by atoms with Crippen LogP contribution in [0.1, 0.15) is 34.3 Å². The van der Waals surface area contributed by atoms with Gasteiger partial charge in [-0.3, -0.25) is 14.8 Å². The maximum absolute atomic E-state index is 14.4. The van der Waals surface area contributed by atoms with Crippen molar-refractivity contribution in [2.45, 2.75) is 31.8 Å². The monoisotopic (exact) mass is 405 g/mol. The van der Waals surface area contributed by atoms with Gasteiger partial charge in [-0.05, 0) is 55.2 Å². The summed E-state index contributed by atoms with van der Waals surface area (Å²) in [5.74, 6) is -0.375. The minimum absolute atomic E-state index is 0.112. The zero-order chi connectivity index (χ0) is 21.1. The van der Waals surface area contributed by atoms with Crippen LogP contribution in [0, 0.1) is 12.7 Å². The fraction of sp³-hybridized carbons (Fsp3) is 0.292. The third-order valence-corrected chi connectivity index (χ3v) is 5.76. The second kappa shape index (κ2) is 8.32. The molecule has 1 aromatic carbocycles. The Kier molecular flexibility index (Phi) is 5.59. The molecule has 1 saturated heterocycles. The van der Waals surface area contributed by atoms with Gasteiger partial charge in [-0.2, -0.15) is 0 Å². The Labute approximate surface area is 175 Å². The molecule has 0 unspecified atom stereocenters. The first-order chi connectivity index (χ1) is 14.5. The van der Waals surface area contributed by atoms with Crippen LogP contribution >= 0.6 is 0 Å². The Balaban J connectivity index is 1.48. The molecule has 6 heteroatoms. The van der Waals surface area contributed by atoms with E-state index in [1.807, 2.05) is 12.1 Å². The summed E-state index contributed by atoms with van der Waals surface area (Å²) in [4.78, 5) is 23.3. The molecule has 1 N–H and O–H groups in total. The highest BCUT2D eigenvalue weighted by Crippen LogP contribution is 2.30. The molecule has 0 atom stereocenters. The van der Waals surface area contributed by atoms with Crippen LogP contribution in [-0.2, 0) is 6.42 Å². The Bertz CT molecular complexity index is 1050. The number of benzene rings is 1. The topological polar surface area (TPSA) is 66.3 Å². The minimum Gasteiger partial charge on any atom is -0.389 e. The predicted molar refractivity (Wildman–Crippen MR) is 112 cm³/mol. The number of amides is 1. The molecule has 2 aromatic heterocycles. The number of hydrogen-bond donors (Lipinski definition) is 1. The number of halogens is 1. The van der Waals surface area contributed by atoms with Crippen molar-refractivity contribution in [2.75, 3.05) is 13.1 Å². The number of aliphatic hydroxyl groups is 1. The lowest BCUT2D eigenvalue weighted by molar-refractivity contribution is -0.0167. The number of aromatic nitrogens is 2. The van der Waals surface area contributed by atoms with Gasteiger partial charge in [0.25, 0.3) is 5.91 Å². The Morgan fingerprint density at radius 2 is 1.83 bits per heavy atom. The molecule has 0 aliphatic carbocycles. The molecule has 0 spiro atoms. The average Bonchev–Trinajstić information content (AvgIpc) is 2.77. The number of nitrogens with zero attached hydrogens (tertiary/aromatic N) is 3. The molecule has 3 heterocycles. The summed E-state index contributed by atoms with van der Waals surface area (Å²) >= 11 is 0. The van der Waals surface area contributed by atoms with Crippen LogP contribution in [0.2, 0.25) is 0 Å². The van der Waals surface area contributed by atoms with Crippen LogP contribution in [0.25, 0.3) is 11.3 Å². The first-order valence-electron chi connectivity index (χ1n) is 10.1. The summed E-state index contributed by atoms with van der Waals surface area (Å²) in [6, 6.07) is 12.4. The van der Waals surface area contributed by atoms with E-state index in [2.05, 4.69) is 9.97 Å². The van der Waals surface area contributed by atoms with Gasteiger partial charge < -0.3 is 10.0 Å². The van der Waals surface area contributed by atoms with Crippen molar-refractivity contribution in [3.63, 3.8) is 0 Å². The van der Waals surface area contributed by atoms with Gasteiger partial charge in [0.1, 0.15) is 5.82 Å². The molecule has 0 bridgehead atoms. The number of likely N-dealkylation sites (tertiary alicyclic amines) is 1. The first-order valence-corrected chi connectivity index (χ1v) is 10.1. The Morgan fingerprint density at radius 3 is 2.57 bits per heavy atom. The largest absolute Gasteiger partial charge is 0.389 e. The maximum Gasteiger partial charge on any atom is 0.256 e. The number of aryl methyl sites for hydroxylation is 1. The summed E-state index contributed by atoms with van der Waals surface area (Å²) in [6.07, 6.45) is 6.05. The van der Waals surface area contributed by atoms with Crippen LogP contribution in [0.4, 0.5) is 4.39 Å². The summed E-state index contributed by atoms with van der Waals surface area (Å²) in [7, 11) is 0. The van der Waals surface area contributed by atoms with Gasteiger partial charge in [-0.25, -0.2) is 4.39 Å². The molecule has 0 saturated carbocycles. The summed E-state index contributed by atoms with van der Waals surface area (Å²) in [6.45, 7) is 2.54. The van der Waals surface area contributed by atoms with E-state index in [1.165, 1.54) is 0 Å². The highest BCUT2D eigenvalue weighted by atomic mass is 19.1. The number of rotatable bonds is 4. The number of piperidine rings is 1. The van der Waals surface area contributed by atoms with Crippen molar-refractivity contribution in [1.82, 2.24) is 14.9 Å². The van der Waals surface area contributed by atoms with Crippen LogP contribution < -0.4 is 0 Å². The molecule has 1 aliphatic heterocycles.